The zero-order chi connectivity index (χ0) is 12.9. The standard InChI is InChI=1S/C14H15ClF2O/c1-18-7-5-10(16)13(11(17)6-7)14(15)12-8-3-2-4-9(8)12/h5-6,8-9,12,14H,2-4H2,1H3. The molecule has 0 heterocycles. The van der Waals surface area contributed by atoms with Crippen LogP contribution in [0.4, 0.5) is 8.78 Å². The first-order chi connectivity index (χ1) is 8.63. The molecule has 2 aliphatic carbocycles. The van der Waals surface area contributed by atoms with Crippen LogP contribution in [-0.4, -0.2) is 7.11 Å². The average molecular weight is 273 g/mol. The van der Waals surface area contributed by atoms with Gasteiger partial charge in [0, 0.05) is 17.7 Å². The average Bonchev–Trinajstić information content (AvgIpc) is 2.81. The Kier molecular flexibility index (Phi) is 2.97. The van der Waals surface area contributed by atoms with Gasteiger partial charge >= 0.3 is 0 Å². The number of methoxy groups -OCH3 is 1. The monoisotopic (exact) mass is 272 g/mol. The van der Waals surface area contributed by atoms with Crippen LogP contribution in [0.25, 0.3) is 0 Å². The Labute approximate surface area is 110 Å². The van der Waals surface area contributed by atoms with E-state index in [9.17, 15) is 8.78 Å². The predicted octanol–water partition coefficient (Wildman–Crippen LogP) is 4.30. The topological polar surface area (TPSA) is 9.23 Å². The van der Waals surface area contributed by atoms with E-state index in [4.69, 9.17) is 16.3 Å². The molecule has 2 saturated carbocycles. The smallest absolute Gasteiger partial charge is 0.134 e. The highest BCUT2D eigenvalue weighted by molar-refractivity contribution is 6.21. The van der Waals surface area contributed by atoms with Crippen molar-refractivity contribution in [2.75, 3.05) is 7.11 Å². The Balaban J connectivity index is 1.88. The van der Waals surface area contributed by atoms with Crippen LogP contribution >= 0.6 is 11.6 Å². The van der Waals surface area contributed by atoms with Gasteiger partial charge in [0.2, 0.25) is 0 Å². The van der Waals surface area contributed by atoms with E-state index in [1.807, 2.05) is 0 Å². The van der Waals surface area contributed by atoms with E-state index in [2.05, 4.69) is 0 Å². The predicted molar refractivity (Wildman–Crippen MR) is 65.8 cm³/mol. The molecule has 0 spiro atoms. The number of rotatable bonds is 3. The van der Waals surface area contributed by atoms with Crippen molar-refractivity contribution in [2.24, 2.45) is 17.8 Å². The van der Waals surface area contributed by atoms with Crippen molar-refractivity contribution < 1.29 is 13.5 Å². The molecule has 0 N–H and O–H groups in total. The lowest BCUT2D eigenvalue weighted by Gasteiger charge is -2.14. The third kappa shape index (κ3) is 1.80. The molecule has 0 bridgehead atoms. The van der Waals surface area contributed by atoms with Crippen molar-refractivity contribution in [2.45, 2.75) is 24.6 Å². The van der Waals surface area contributed by atoms with Crippen LogP contribution in [-0.2, 0) is 0 Å². The normalized spacial score (nSPS) is 31.0. The number of hydrogen-bond donors (Lipinski definition) is 0. The quantitative estimate of drug-likeness (QED) is 0.746. The first-order valence-corrected chi connectivity index (χ1v) is 6.74. The van der Waals surface area contributed by atoms with E-state index >= 15 is 0 Å². The first-order valence-electron chi connectivity index (χ1n) is 6.30. The zero-order valence-electron chi connectivity index (χ0n) is 10.1. The number of hydrogen-bond acceptors (Lipinski definition) is 1. The molecule has 1 nitrogen and oxygen atoms in total. The second-order valence-corrected chi connectivity index (χ2v) is 5.71. The van der Waals surface area contributed by atoms with Crippen LogP contribution in [0.1, 0.15) is 30.2 Å². The van der Waals surface area contributed by atoms with Gasteiger partial charge in [-0.2, -0.15) is 0 Å². The fourth-order valence-electron chi connectivity index (χ4n) is 3.45. The highest BCUT2D eigenvalue weighted by atomic mass is 35.5. The van der Waals surface area contributed by atoms with Crippen LogP contribution in [0.15, 0.2) is 12.1 Å². The molecular weight excluding hydrogens is 258 g/mol. The maximum absolute atomic E-state index is 13.9. The van der Waals surface area contributed by atoms with E-state index in [-0.39, 0.29) is 17.2 Å². The maximum Gasteiger partial charge on any atom is 0.134 e. The summed E-state index contributed by atoms with van der Waals surface area (Å²) in [7, 11) is 1.39. The number of ether oxygens (including phenoxy) is 1. The van der Waals surface area contributed by atoms with Gasteiger partial charge in [-0.05, 0) is 30.6 Å². The van der Waals surface area contributed by atoms with E-state index in [1.54, 1.807) is 0 Å². The highest BCUT2D eigenvalue weighted by Gasteiger charge is 2.56. The molecule has 2 aliphatic rings. The second-order valence-electron chi connectivity index (χ2n) is 5.24. The number of alkyl halides is 1. The molecule has 0 amide bonds. The van der Waals surface area contributed by atoms with Gasteiger partial charge < -0.3 is 4.74 Å². The van der Waals surface area contributed by atoms with Gasteiger partial charge in [0.25, 0.3) is 0 Å². The minimum Gasteiger partial charge on any atom is -0.497 e. The lowest BCUT2D eigenvalue weighted by molar-refractivity contribution is 0.403. The summed E-state index contributed by atoms with van der Waals surface area (Å²) < 4.78 is 32.7. The van der Waals surface area contributed by atoms with Crippen molar-refractivity contribution in [3.8, 4) is 5.75 Å². The lowest BCUT2D eigenvalue weighted by atomic mass is 10.0. The molecule has 0 radical (unpaired) electrons. The van der Waals surface area contributed by atoms with Crippen LogP contribution < -0.4 is 4.74 Å². The Morgan fingerprint density at radius 1 is 1.22 bits per heavy atom. The van der Waals surface area contributed by atoms with E-state index < -0.39 is 17.0 Å². The molecular formula is C14H15ClF2O. The van der Waals surface area contributed by atoms with Gasteiger partial charge in [0.05, 0.1) is 12.5 Å². The third-order valence-corrected chi connectivity index (χ3v) is 4.88. The Bertz CT molecular complexity index is 444. The first kappa shape index (κ1) is 12.2. The Morgan fingerprint density at radius 3 is 2.28 bits per heavy atom. The van der Waals surface area contributed by atoms with Crippen molar-refractivity contribution in [3.05, 3.63) is 29.3 Å². The summed E-state index contributed by atoms with van der Waals surface area (Å²) in [5.41, 5.74) is 0.0110. The van der Waals surface area contributed by atoms with Crippen molar-refractivity contribution in [1.29, 1.82) is 0 Å². The molecule has 3 atom stereocenters. The molecule has 2 fully saturated rings. The SMILES string of the molecule is COc1cc(F)c(C(Cl)C2C3CCCC32)c(F)c1. The molecule has 0 aliphatic heterocycles. The number of fused-ring (bicyclic) bond motifs is 1. The summed E-state index contributed by atoms with van der Waals surface area (Å²) in [4.78, 5) is 0. The molecule has 0 saturated heterocycles. The lowest BCUT2D eigenvalue weighted by Crippen LogP contribution is -2.05. The minimum absolute atomic E-state index is 0.0110. The van der Waals surface area contributed by atoms with Crippen molar-refractivity contribution in [3.63, 3.8) is 0 Å². The molecule has 18 heavy (non-hydrogen) atoms. The van der Waals surface area contributed by atoms with Crippen molar-refractivity contribution in [1.82, 2.24) is 0 Å². The molecule has 4 heteroatoms. The summed E-state index contributed by atoms with van der Waals surface area (Å²) >= 11 is 6.29. The fraction of sp³-hybridized carbons (Fsp3) is 0.571. The molecule has 3 rings (SSSR count). The largest absolute Gasteiger partial charge is 0.497 e. The van der Waals surface area contributed by atoms with E-state index in [1.165, 1.54) is 25.7 Å². The molecule has 3 unspecified atom stereocenters. The van der Waals surface area contributed by atoms with E-state index in [0.717, 1.165) is 12.8 Å². The van der Waals surface area contributed by atoms with Gasteiger partial charge in [-0.25, -0.2) is 8.78 Å². The molecule has 98 valence electrons. The van der Waals surface area contributed by atoms with Gasteiger partial charge in [-0.1, -0.05) is 6.42 Å². The zero-order valence-corrected chi connectivity index (χ0v) is 10.9. The maximum atomic E-state index is 13.9. The van der Waals surface area contributed by atoms with Crippen LogP contribution in [0, 0.1) is 29.4 Å². The Hall–Kier alpha value is -0.830. The van der Waals surface area contributed by atoms with Gasteiger partial charge in [0.1, 0.15) is 17.4 Å². The Morgan fingerprint density at radius 2 is 1.78 bits per heavy atom. The number of halogens is 3. The van der Waals surface area contributed by atoms with E-state index in [0.29, 0.717) is 11.8 Å². The van der Waals surface area contributed by atoms with Crippen LogP contribution in [0.5, 0.6) is 5.75 Å². The fourth-order valence-corrected chi connectivity index (χ4v) is 4.03. The highest BCUT2D eigenvalue weighted by Crippen LogP contribution is 2.64. The van der Waals surface area contributed by atoms with Gasteiger partial charge in [0.15, 0.2) is 0 Å². The summed E-state index contributed by atoms with van der Waals surface area (Å²) in [5, 5.41) is -0.550. The van der Waals surface area contributed by atoms with Crippen LogP contribution in [0.3, 0.4) is 0 Å². The third-order valence-electron chi connectivity index (χ3n) is 4.37. The number of benzene rings is 1. The summed E-state index contributed by atoms with van der Waals surface area (Å²) in [6.07, 6.45) is 3.53. The molecule has 0 aromatic heterocycles. The molecule has 1 aromatic rings. The summed E-state index contributed by atoms with van der Waals surface area (Å²) in [6, 6.07) is 2.40. The van der Waals surface area contributed by atoms with Gasteiger partial charge in [-0.3, -0.25) is 0 Å². The summed E-state index contributed by atoms with van der Waals surface area (Å²) in [5.74, 6) is 0.391. The minimum atomic E-state index is -0.600. The van der Waals surface area contributed by atoms with Crippen LogP contribution in [0.2, 0.25) is 0 Å². The summed E-state index contributed by atoms with van der Waals surface area (Å²) in [6.45, 7) is 0. The van der Waals surface area contributed by atoms with Gasteiger partial charge in [-0.15, -0.1) is 11.6 Å². The molecule has 1 aromatic carbocycles. The second kappa shape index (κ2) is 4.37. The van der Waals surface area contributed by atoms with Crippen molar-refractivity contribution >= 4 is 11.6 Å².